The monoisotopic (exact) mass is 245 g/mol. The molecule has 5 nitrogen and oxygen atoms in total. The standard InChI is InChI=1S/C12H27N3O2/c1-4-6-8-15(9-7-5-2)11(10-17-3)12(16)14-13/h11H,4-10,13H2,1-3H3,(H,14,16). The lowest BCUT2D eigenvalue weighted by Gasteiger charge is -2.29. The Kier molecular flexibility index (Phi) is 10.1. The van der Waals surface area contributed by atoms with Gasteiger partial charge >= 0.3 is 0 Å². The number of nitrogens with one attached hydrogen (secondary N) is 1. The van der Waals surface area contributed by atoms with Crippen LogP contribution in [-0.4, -0.2) is 43.7 Å². The number of ether oxygens (including phenoxy) is 1. The number of rotatable bonds is 10. The molecule has 0 aliphatic rings. The first-order valence-electron chi connectivity index (χ1n) is 6.44. The van der Waals surface area contributed by atoms with Crippen molar-refractivity contribution in [2.75, 3.05) is 26.8 Å². The van der Waals surface area contributed by atoms with Gasteiger partial charge in [0.1, 0.15) is 6.04 Å². The minimum absolute atomic E-state index is 0.168. The second-order valence-electron chi connectivity index (χ2n) is 4.22. The predicted octanol–water partition coefficient (Wildman–Crippen LogP) is 0.894. The van der Waals surface area contributed by atoms with E-state index < -0.39 is 0 Å². The second kappa shape index (κ2) is 10.5. The van der Waals surface area contributed by atoms with E-state index in [1.165, 1.54) is 0 Å². The van der Waals surface area contributed by atoms with Gasteiger partial charge in [-0.25, -0.2) is 5.84 Å². The molecule has 0 saturated carbocycles. The lowest BCUT2D eigenvalue weighted by atomic mass is 10.2. The predicted molar refractivity (Wildman–Crippen MR) is 69.4 cm³/mol. The van der Waals surface area contributed by atoms with E-state index >= 15 is 0 Å². The minimum atomic E-state index is -0.275. The Bertz CT molecular complexity index is 192. The lowest BCUT2D eigenvalue weighted by Crippen LogP contribution is -2.52. The highest BCUT2D eigenvalue weighted by Crippen LogP contribution is 2.06. The van der Waals surface area contributed by atoms with Crippen molar-refractivity contribution < 1.29 is 9.53 Å². The maximum absolute atomic E-state index is 11.7. The summed E-state index contributed by atoms with van der Waals surface area (Å²) < 4.78 is 5.11. The van der Waals surface area contributed by atoms with Crippen LogP contribution in [0.1, 0.15) is 39.5 Å². The average Bonchev–Trinajstić information content (AvgIpc) is 2.36. The summed E-state index contributed by atoms with van der Waals surface area (Å²) in [5.41, 5.74) is 2.22. The number of hydrazine groups is 1. The molecule has 1 unspecified atom stereocenters. The van der Waals surface area contributed by atoms with Gasteiger partial charge in [0.2, 0.25) is 0 Å². The molecule has 5 heteroatoms. The van der Waals surface area contributed by atoms with Gasteiger partial charge in [0, 0.05) is 7.11 Å². The van der Waals surface area contributed by atoms with Gasteiger partial charge in [-0.2, -0.15) is 0 Å². The van der Waals surface area contributed by atoms with E-state index in [0.29, 0.717) is 6.61 Å². The molecule has 0 fully saturated rings. The van der Waals surface area contributed by atoms with Gasteiger partial charge in [-0.3, -0.25) is 15.1 Å². The summed E-state index contributed by atoms with van der Waals surface area (Å²) in [7, 11) is 1.61. The van der Waals surface area contributed by atoms with Crippen molar-refractivity contribution in [3.63, 3.8) is 0 Å². The molecule has 0 aliphatic carbocycles. The topological polar surface area (TPSA) is 67.6 Å². The molecule has 0 aromatic rings. The third-order valence-electron chi connectivity index (χ3n) is 2.81. The highest BCUT2D eigenvalue weighted by atomic mass is 16.5. The van der Waals surface area contributed by atoms with Crippen molar-refractivity contribution in [3.05, 3.63) is 0 Å². The average molecular weight is 245 g/mol. The quantitative estimate of drug-likeness (QED) is 0.341. The van der Waals surface area contributed by atoms with Gasteiger partial charge in [-0.1, -0.05) is 26.7 Å². The number of methoxy groups -OCH3 is 1. The second-order valence-corrected chi connectivity index (χ2v) is 4.22. The number of amides is 1. The number of nitrogens with two attached hydrogens (primary N) is 1. The van der Waals surface area contributed by atoms with Gasteiger partial charge in [0.05, 0.1) is 6.61 Å². The maximum Gasteiger partial charge on any atom is 0.253 e. The summed E-state index contributed by atoms with van der Waals surface area (Å²) in [6, 6.07) is -0.275. The molecule has 0 heterocycles. The number of hydrogen-bond donors (Lipinski definition) is 2. The van der Waals surface area contributed by atoms with Crippen LogP contribution in [0.2, 0.25) is 0 Å². The number of carbonyl (C=O) groups is 1. The van der Waals surface area contributed by atoms with Crippen LogP contribution in [0.5, 0.6) is 0 Å². The summed E-state index contributed by atoms with van der Waals surface area (Å²) in [5.74, 6) is 5.05. The van der Waals surface area contributed by atoms with Gasteiger partial charge in [0.15, 0.2) is 0 Å². The largest absolute Gasteiger partial charge is 0.383 e. The van der Waals surface area contributed by atoms with Crippen LogP contribution in [0.25, 0.3) is 0 Å². The van der Waals surface area contributed by atoms with Crippen molar-refractivity contribution in [2.24, 2.45) is 5.84 Å². The molecule has 0 radical (unpaired) electrons. The SMILES string of the molecule is CCCCN(CCCC)C(COC)C(=O)NN. The molecule has 0 rings (SSSR count). The molecule has 0 aromatic heterocycles. The van der Waals surface area contributed by atoms with Gasteiger partial charge in [-0.05, 0) is 25.9 Å². The molecule has 0 bridgehead atoms. The third kappa shape index (κ3) is 6.61. The molecule has 0 spiro atoms. The zero-order valence-electron chi connectivity index (χ0n) is 11.4. The van der Waals surface area contributed by atoms with Gasteiger partial charge < -0.3 is 4.74 Å². The van der Waals surface area contributed by atoms with E-state index in [2.05, 4.69) is 24.2 Å². The normalized spacial score (nSPS) is 12.8. The fraction of sp³-hybridized carbons (Fsp3) is 0.917. The fourth-order valence-corrected chi connectivity index (χ4v) is 1.75. The zero-order valence-corrected chi connectivity index (χ0v) is 11.4. The summed E-state index contributed by atoms with van der Waals surface area (Å²) in [5, 5.41) is 0. The Labute approximate surface area is 105 Å². The van der Waals surface area contributed by atoms with Crippen LogP contribution in [-0.2, 0) is 9.53 Å². The molecule has 1 amide bonds. The number of carbonyl (C=O) groups excluding carboxylic acids is 1. The van der Waals surface area contributed by atoms with Crippen molar-refractivity contribution in [1.29, 1.82) is 0 Å². The molecule has 0 aromatic carbocycles. The zero-order chi connectivity index (χ0) is 13.1. The number of nitrogens with zero attached hydrogens (tertiary/aromatic N) is 1. The summed E-state index contributed by atoms with van der Waals surface area (Å²) >= 11 is 0. The Balaban J connectivity index is 4.47. The molecule has 0 aliphatic heterocycles. The van der Waals surface area contributed by atoms with E-state index in [1.807, 2.05) is 0 Å². The molecular weight excluding hydrogens is 218 g/mol. The van der Waals surface area contributed by atoms with Crippen molar-refractivity contribution >= 4 is 5.91 Å². The first-order valence-corrected chi connectivity index (χ1v) is 6.44. The Morgan fingerprint density at radius 1 is 1.29 bits per heavy atom. The van der Waals surface area contributed by atoms with Crippen LogP contribution >= 0.6 is 0 Å². The van der Waals surface area contributed by atoms with Gasteiger partial charge in [-0.15, -0.1) is 0 Å². The molecule has 3 N–H and O–H groups in total. The fourth-order valence-electron chi connectivity index (χ4n) is 1.75. The van der Waals surface area contributed by atoms with E-state index in [4.69, 9.17) is 10.6 Å². The summed E-state index contributed by atoms with van der Waals surface area (Å²) in [4.78, 5) is 13.9. The van der Waals surface area contributed by atoms with Crippen LogP contribution in [0, 0.1) is 0 Å². The van der Waals surface area contributed by atoms with Crippen molar-refractivity contribution in [2.45, 2.75) is 45.6 Å². The minimum Gasteiger partial charge on any atom is -0.383 e. The summed E-state index contributed by atoms with van der Waals surface area (Å²) in [6.45, 7) is 6.50. The Hall–Kier alpha value is -0.650. The highest BCUT2D eigenvalue weighted by molar-refractivity contribution is 5.81. The first-order chi connectivity index (χ1) is 8.21. The van der Waals surface area contributed by atoms with Crippen molar-refractivity contribution in [3.8, 4) is 0 Å². The van der Waals surface area contributed by atoms with Crippen LogP contribution < -0.4 is 11.3 Å². The van der Waals surface area contributed by atoms with E-state index in [-0.39, 0.29) is 11.9 Å². The molecular formula is C12H27N3O2. The Morgan fingerprint density at radius 2 is 1.82 bits per heavy atom. The third-order valence-corrected chi connectivity index (χ3v) is 2.81. The van der Waals surface area contributed by atoms with E-state index in [0.717, 1.165) is 38.8 Å². The first kappa shape index (κ1) is 16.4. The van der Waals surface area contributed by atoms with Gasteiger partial charge in [0.25, 0.3) is 5.91 Å². The molecule has 17 heavy (non-hydrogen) atoms. The molecule has 0 saturated heterocycles. The van der Waals surface area contributed by atoms with E-state index in [9.17, 15) is 4.79 Å². The Morgan fingerprint density at radius 3 is 2.18 bits per heavy atom. The van der Waals surface area contributed by atoms with Crippen LogP contribution in [0.3, 0.4) is 0 Å². The highest BCUT2D eigenvalue weighted by Gasteiger charge is 2.24. The smallest absolute Gasteiger partial charge is 0.253 e. The molecule has 102 valence electrons. The van der Waals surface area contributed by atoms with Crippen LogP contribution in [0.4, 0.5) is 0 Å². The maximum atomic E-state index is 11.7. The molecule has 1 atom stereocenters. The number of unbranched alkanes of at least 4 members (excludes halogenated alkanes) is 2. The van der Waals surface area contributed by atoms with Crippen LogP contribution in [0.15, 0.2) is 0 Å². The van der Waals surface area contributed by atoms with Crippen molar-refractivity contribution in [1.82, 2.24) is 10.3 Å². The number of hydrogen-bond acceptors (Lipinski definition) is 4. The summed E-state index contributed by atoms with van der Waals surface area (Å²) in [6.07, 6.45) is 4.41. The van der Waals surface area contributed by atoms with E-state index in [1.54, 1.807) is 7.11 Å². The lowest BCUT2D eigenvalue weighted by molar-refractivity contribution is -0.128.